The molecule has 1 aromatic heterocycles. The van der Waals surface area contributed by atoms with Crippen molar-refractivity contribution in [2.75, 3.05) is 17.7 Å². The first kappa shape index (κ1) is 14.1. The lowest BCUT2D eigenvalue weighted by Crippen LogP contribution is -2.21. The molecule has 3 N–H and O–H groups in total. The second-order valence-corrected chi connectivity index (χ2v) is 4.80. The summed E-state index contributed by atoms with van der Waals surface area (Å²) in [6.07, 6.45) is 1.44. The molecule has 0 aliphatic heterocycles. The van der Waals surface area contributed by atoms with Gasteiger partial charge in [0.2, 0.25) is 0 Å². The van der Waals surface area contributed by atoms with Crippen molar-refractivity contribution in [3.05, 3.63) is 52.7 Å². The number of carboxylic acid groups (broad SMARTS) is 1. The molecule has 0 spiro atoms. The van der Waals surface area contributed by atoms with Crippen molar-refractivity contribution >= 4 is 29.1 Å². The number of carbonyl (C=O) groups is 1. The number of aromatic nitrogens is 1. The van der Waals surface area contributed by atoms with Gasteiger partial charge in [-0.05, 0) is 17.7 Å². The van der Waals surface area contributed by atoms with Crippen LogP contribution in [0, 0.1) is 0 Å². The number of carboxylic acids is 1. The minimum absolute atomic E-state index is 0.0690. The van der Waals surface area contributed by atoms with Crippen LogP contribution in [-0.4, -0.2) is 23.1 Å². The molecule has 1 heterocycles. The van der Waals surface area contributed by atoms with Gasteiger partial charge in [-0.2, -0.15) is 0 Å². The zero-order valence-corrected chi connectivity index (χ0v) is 11.6. The maximum atomic E-state index is 11.2. The van der Waals surface area contributed by atoms with Crippen LogP contribution in [0.25, 0.3) is 0 Å². The Morgan fingerprint density at radius 3 is 2.80 bits per heavy atom. The summed E-state index contributed by atoms with van der Waals surface area (Å²) in [6, 6.07) is 8.79. The molecule has 0 fully saturated rings. The molecule has 0 bridgehead atoms. The summed E-state index contributed by atoms with van der Waals surface area (Å²) in [5, 5.41) is 9.84. The van der Waals surface area contributed by atoms with Crippen LogP contribution in [0.15, 0.2) is 36.5 Å². The monoisotopic (exact) mass is 291 g/mol. The molecule has 104 valence electrons. The van der Waals surface area contributed by atoms with E-state index < -0.39 is 5.97 Å². The third-order valence-corrected chi connectivity index (χ3v) is 3.21. The number of nitrogens with two attached hydrogens (primary N) is 1. The fourth-order valence-electron chi connectivity index (χ4n) is 1.89. The molecule has 20 heavy (non-hydrogen) atoms. The molecule has 5 nitrogen and oxygen atoms in total. The third kappa shape index (κ3) is 3.00. The smallest absolute Gasteiger partial charge is 0.339 e. The number of halogens is 1. The highest BCUT2D eigenvalue weighted by Crippen LogP contribution is 2.23. The van der Waals surface area contributed by atoms with Gasteiger partial charge in [0.25, 0.3) is 0 Å². The first-order chi connectivity index (χ1) is 9.49. The predicted octanol–water partition coefficient (Wildman–Crippen LogP) is 2.65. The van der Waals surface area contributed by atoms with Crippen LogP contribution in [0.1, 0.15) is 15.9 Å². The summed E-state index contributed by atoms with van der Waals surface area (Å²) in [5.41, 5.74) is 6.86. The fourth-order valence-corrected chi connectivity index (χ4v) is 2.09. The molecular formula is C14H14ClN3O2. The van der Waals surface area contributed by atoms with Gasteiger partial charge in [0.05, 0.1) is 11.9 Å². The number of nitrogen functional groups attached to an aromatic ring is 1. The maximum absolute atomic E-state index is 11.2. The van der Waals surface area contributed by atoms with E-state index >= 15 is 0 Å². The van der Waals surface area contributed by atoms with E-state index in [0.29, 0.717) is 23.1 Å². The fraction of sp³-hybridized carbons (Fsp3) is 0.143. The SMILES string of the molecule is CN(Cc1ccccc1Cl)c1ncc(N)cc1C(=O)O. The van der Waals surface area contributed by atoms with Gasteiger partial charge in [-0.1, -0.05) is 29.8 Å². The summed E-state index contributed by atoms with van der Waals surface area (Å²) in [7, 11) is 1.76. The quantitative estimate of drug-likeness (QED) is 0.905. The molecule has 0 amide bonds. The molecule has 0 aliphatic rings. The van der Waals surface area contributed by atoms with E-state index in [4.69, 9.17) is 17.3 Å². The number of aromatic carboxylic acids is 1. The molecule has 6 heteroatoms. The van der Waals surface area contributed by atoms with Crippen LogP contribution in [0.4, 0.5) is 11.5 Å². The van der Waals surface area contributed by atoms with Crippen LogP contribution < -0.4 is 10.6 Å². The summed E-state index contributed by atoms with van der Waals surface area (Å²) < 4.78 is 0. The zero-order chi connectivity index (χ0) is 14.7. The van der Waals surface area contributed by atoms with E-state index in [1.54, 1.807) is 18.0 Å². The van der Waals surface area contributed by atoms with Crippen molar-refractivity contribution in [1.29, 1.82) is 0 Å². The maximum Gasteiger partial charge on any atom is 0.339 e. The van der Waals surface area contributed by atoms with E-state index in [0.717, 1.165) is 5.56 Å². The topological polar surface area (TPSA) is 79.5 Å². The molecule has 0 atom stereocenters. The Labute approximate surface area is 121 Å². The highest BCUT2D eigenvalue weighted by Gasteiger charge is 2.16. The molecule has 0 radical (unpaired) electrons. The van der Waals surface area contributed by atoms with E-state index in [2.05, 4.69) is 4.98 Å². The number of hydrogen-bond donors (Lipinski definition) is 2. The number of pyridine rings is 1. The Kier molecular flexibility index (Phi) is 4.10. The molecule has 0 saturated heterocycles. The summed E-state index contributed by atoms with van der Waals surface area (Å²) in [4.78, 5) is 17.1. The largest absolute Gasteiger partial charge is 0.478 e. The van der Waals surface area contributed by atoms with Gasteiger partial charge in [0.15, 0.2) is 0 Å². The van der Waals surface area contributed by atoms with Crippen molar-refractivity contribution in [2.45, 2.75) is 6.54 Å². The average Bonchev–Trinajstić information content (AvgIpc) is 2.41. The number of hydrogen-bond acceptors (Lipinski definition) is 4. The minimum Gasteiger partial charge on any atom is -0.478 e. The van der Waals surface area contributed by atoms with Crippen molar-refractivity contribution in [2.24, 2.45) is 0 Å². The molecule has 0 aliphatic carbocycles. The Hall–Kier alpha value is -2.27. The Bertz CT molecular complexity index is 646. The van der Waals surface area contributed by atoms with Gasteiger partial charge in [-0.15, -0.1) is 0 Å². The van der Waals surface area contributed by atoms with Gasteiger partial charge in [-0.3, -0.25) is 0 Å². The summed E-state index contributed by atoms with van der Waals surface area (Å²) in [6.45, 7) is 0.455. The van der Waals surface area contributed by atoms with E-state index in [1.807, 2.05) is 18.2 Å². The van der Waals surface area contributed by atoms with Gasteiger partial charge in [0.1, 0.15) is 11.4 Å². The van der Waals surface area contributed by atoms with E-state index in [1.165, 1.54) is 12.3 Å². The second-order valence-electron chi connectivity index (χ2n) is 4.39. The number of nitrogens with zero attached hydrogens (tertiary/aromatic N) is 2. The van der Waals surface area contributed by atoms with Crippen LogP contribution >= 0.6 is 11.6 Å². The van der Waals surface area contributed by atoms with E-state index in [-0.39, 0.29) is 5.56 Å². The van der Waals surface area contributed by atoms with Crippen molar-refractivity contribution in [1.82, 2.24) is 4.98 Å². The molecule has 2 aromatic rings. The number of benzene rings is 1. The summed E-state index contributed by atoms with van der Waals surface area (Å²) in [5.74, 6) is -0.711. The van der Waals surface area contributed by atoms with Crippen LogP contribution in [0.2, 0.25) is 5.02 Å². The Morgan fingerprint density at radius 1 is 1.45 bits per heavy atom. The third-order valence-electron chi connectivity index (χ3n) is 2.85. The van der Waals surface area contributed by atoms with Crippen molar-refractivity contribution < 1.29 is 9.90 Å². The van der Waals surface area contributed by atoms with Gasteiger partial charge in [-0.25, -0.2) is 9.78 Å². The molecule has 1 aromatic carbocycles. The molecular weight excluding hydrogens is 278 g/mol. The standard InChI is InChI=1S/C14H14ClN3O2/c1-18(8-9-4-2-3-5-12(9)15)13-11(14(19)20)6-10(16)7-17-13/h2-7H,8,16H2,1H3,(H,19,20). The van der Waals surface area contributed by atoms with Gasteiger partial charge < -0.3 is 15.7 Å². The highest BCUT2D eigenvalue weighted by molar-refractivity contribution is 6.31. The lowest BCUT2D eigenvalue weighted by atomic mass is 10.2. The minimum atomic E-state index is -1.06. The predicted molar refractivity (Wildman–Crippen MR) is 79.2 cm³/mol. The first-order valence-electron chi connectivity index (χ1n) is 5.92. The molecule has 0 saturated carbocycles. The van der Waals surface area contributed by atoms with Crippen LogP contribution in [-0.2, 0) is 6.54 Å². The normalized spacial score (nSPS) is 10.3. The average molecular weight is 292 g/mol. The number of rotatable bonds is 4. The van der Waals surface area contributed by atoms with Crippen LogP contribution in [0.5, 0.6) is 0 Å². The van der Waals surface area contributed by atoms with Crippen LogP contribution in [0.3, 0.4) is 0 Å². The van der Waals surface area contributed by atoms with Crippen molar-refractivity contribution in [3.63, 3.8) is 0 Å². The Balaban J connectivity index is 2.32. The highest BCUT2D eigenvalue weighted by atomic mass is 35.5. The van der Waals surface area contributed by atoms with E-state index in [9.17, 15) is 9.90 Å². The lowest BCUT2D eigenvalue weighted by Gasteiger charge is -2.20. The summed E-state index contributed by atoms with van der Waals surface area (Å²) >= 11 is 6.10. The molecule has 2 rings (SSSR count). The zero-order valence-electron chi connectivity index (χ0n) is 10.9. The Morgan fingerprint density at radius 2 is 2.15 bits per heavy atom. The first-order valence-corrected chi connectivity index (χ1v) is 6.30. The number of anilines is 2. The second kappa shape index (κ2) is 5.79. The van der Waals surface area contributed by atoms with Gasteiger partial charge >= 0.3 is 5.97 Å². The van der Waals surface area contributed by atoms with Gasteiger partial charge in [0, 0.05) is 18.6 Å². The lowest BCUT2D eigenvalue weighted by molar-refractivity contribution is 0.0697. The molecule has 0 unspecified atom stereocenters. The van der Waals surface area contributed by atoms with Crippen molar-refractivity contribution in [3.8, 4) is 0 Å².